The van der Waals surface area contributed by atoms with Gasteiger partial charge in [0.1, 0.15) is 11.5 Å². The molecule has 10 heteroatoms. The number of para-hydroxylation sites is 1. The molecule has 2 saturated carbocycles. The molecular formula is C27H23Cl2N3O4S. The van der Waals surface area contributed by atoms with E-state index in [2.05, 4.69) is 34.3 Å². The van der Waals surface area contributed by atoms with Crippen LogP contribution in [0.5, 0.6) is 0 Å². The molecule has 4 aromatic rings. The number of aromatic nitrogens is 2. The summed E-state index contributed by atoms with van der Waals surface area (Å²) >= 11 is 14.8. The molecule has 7 rings (SSSR count). The third-order valence-electron chi connectivity index (χ3n) is 7.41. The van der Waals surface area contributed by atoms with Crippen molar-refractivity contribution in [2.24, 2.45) is 5.92 Å². The summed E-state index contributed by atoms with van der Waals surface area (Å²) in [5.74, 6) is 1.87. The third kappa shape index (κ3) is 4.69. The highest BCUT2D eigenvalue weighted by molar-refractivity contribution is 7.22. The highest BCUT2D eigenvalue weighted by atomic mass is 35.5. The van der Waals surface area contributed by atoms with Gasteiger partial charge in [0, 0.05) is 35.5 Å². The van der Waals surface area contributed by atoms with Crippen LogP contribution >= 0.6 is 34.5 Å². The van der Waals surface area contributed by atoms with E-state index in [0.717, 1.165) is 65.5 Å². The molecule has 2 aromatic heterocycles. The van der Waals surface area contributed by atoms with Crippen molar-refractivity contribution in [2.45, 2.75) is 50.4 Å². The number of benzene rings is 2. The molecule has 2 bridgehead atoms. The van der Waals surface area contributed by atoms with Crippen LogP contribution in [0, 0.1) is 5.92 Å². The Morgan fingerprint density at radius 2 is 1.84 bits per heavy atom. The summed E-state index contributed by atoms with van der Waals surface area (Å²) in [6, 6.07) is 14.4. The van der Waals surface area contributed by atoms with E-state index in [-0.39, 0.29) is 12.3 Å². The van der Waals surface area contributed by atoms with Gasteiger partial charge in [0.15, 0.2) is 5.13 Å². The molecule has 0 radical (unpaired) electrons. The Morgan fingerprint density at radius 3 is 2.51 bits per heavy atom. The van der Waals surface area contributed by atoms with E-state index in [1.807, 2.05) is 18.2 Å². The molecule has 3 atom stereocenters. The topological polar surface area (TPSA) is 85.5 Å². The van der Waals surface area contributed by atoms with Crippen molar-refractivity contribution >= 4 is 56.0 Å². The maximum absolute atomic E-state index is 8.12. The van der Waals surface area contributed by atoms with Gasteiger partial charge in [-0.3, -0.25) is 0 Å². The van der Waals surface area contributed by atoms with Gasteiger partial charge in [0.05, 0.1) is 33.0 Å². The molecule has 37 heavy (non-hydrogen) atoms. The lowest BCUT2D eigenvalue weighted by Crippen LogP contribution is -2.38. The molecule has 0 spiro atoms. The molecule has 2 aromatic carbocycles. The van der Waals surface area contributed by atoms with Crippen molar-refractivity contribution < 1.29 is 18.8 Å². The monoisotopic (exact) mass is 555 g/mol. The number of piperidine rings is 1. The lowest BCUT2D eigenvalue weighted by Gasteiger charge is -2.31. The zero-order chi connectivity index (χ0) is 25.5. The summed E-state index contributed by atoms with van der Waals surface area (Å²) in [6.45, 7) is 1.47. The standard InChI is InChI=1S/C26H23Cl2N3O2S.CO2/c27-18-4-3-5-19(28)23(18)24-17(25(33-30-24)14-8-9-14)13-32-21-11-16-10-15(21)12-31(16)26-29-20-6-1-2-7-22(20)34-26;2-1-3/h1-7,14-16,21H,8-13H2;/t15-,16-,21+;/m0./s1. The average Bonchev–Trinajstić information content (AvgIpc) is 3.23. The molecule has 0 unspecified atom stereocenters. The number of nitrogens with zero attached hydrogens (tertiary/aromatic N) is 3. The molecule has 3 aliphatic rings. The number of hydrogen-bond donors (Lipinski definition) is 0. The van der Waals surface area contributed by atoms with Crippen molar-refractivity contribution in [3.05, 3.63) is 63.8 Å². The Hall–Kier alpha value is -2.74. The van der Waals surface area contributed by atoms with E-state index >= 15 is 0 Å². The number of carbonyl (C=O) groups excluding carboxylic acids is 2. The fraction of sp³-hybridized carbons (Fsp3) is 0.370. The Bertz CT molecular complexity index is 1420. The van der Waals surface area contributed by atoms with E-state index in [0.29, 0.717) is 34.5 Å². The molecule has 1 saturated heterocycles. The molecule has 7 nitrogen and oxygen atoms in total. The number of halogens is 2. The van der Waals surface area contributed by atoms with E-state index in [4.69, 9.17) is 47.0 Å². The molecule has 2 aliphatic carbocycles. The highest BCUT2D eigenvalue weighted by Gasteiger charge is 2.46. The first-order valence-corrected chi connectivity index (χ1v) is 13.8. The number of ether oxygens (including phenoxy) is 1. The Morgan fingerprint density at radius 1 is 1.08 bits per heavy atom. The van der Waals surface area contributed by atoms with Crippen LogP contribution in [0.3, 0.4) is 0 Å². The third-order valence-corrected chi connectivity index (χ3v) is 9.12. The minimum Gasteiger partial charge on any atom is -0.373 e. The van der Waals surface area contributed by atoms with Gasteiger partial charge in [0.2, 0.25) is 0 Å². The van der Waals surface area contributed by atoms with E-state index in [1.54, 1.807) is 11.3 Å². The summed E-state index contributed by atoms with van der Waals surface area (Å²) in [7, 11) is 0. The van der Waals surface area contributed by atoms with Crippen LogP contribution < -0.4 is 4.90 Å². The van der Waals surface area contributed by atoms with Crippen LogP contribution in [-0.2, 0) is 20.9 Å². The number of hydrogen-bond acceptors (Lipinski definition) is 8. The zero-order valence-corrected chi connectivity index (χ0v) is 22.1. The first-order chi connectivity index (χ1) is 18.1. The summed E-state index contributed by atoms with van der Waals surface area (Å²) < 4.78 is 13.6. The van der Waals surface area contributed by atoms with Crippen molar-refractivity contribution in [1.29, 1.82) is 0 Å². The largest absolute Gasteiger partial charge is 0.373 e. The summed E-state index contributed by atoms with van der Waals surface area (Å²) in [5.41, 5.74) is 3.54. The first kappa shape index (κ1) is 24.6. The van der Waals surface area contributed by atoms with E-state index in [9.17, 15) is 0 Å². The van der Waals surface area contributed by atoms with Gasteiger partial charge < -0.3 is 14.2 Å². The van der Waals surface area contributed by atoms with Crippen LogP contribution in [0.25, 0.3) is 21.5 Å². The van der Waals surface area contributed by atoms with E-state index in [1.165, 1.54) is 4.70 Å². The number of thiazole rings is 1. The van der Waals surface area contributed by atoms with E-state index < -0.39 is 0 Å². The SMILES string of the molecule is Clc1cccc(Cl)c1-c1noc(C2CC2)c1CO[C@@H]1C[C@@H]2C[C@H]1CN2c1nc2ccccc2s1.O=C=O. The normalized spacial score (nSPS) is 22.2. The summed E-state index contributed by atoms with van der Waals surface area (Å²) in [4.78, 5) is 23.6. The molecule has 190 valence electrons. The predicted octanol–water partition coefficient (Wildman–Crippen LogP) is 6.74. The quantitative estimate of drug-likeness (QED) is 0.260. The van der Waals surface area contributed by atoms with Crippen LogP contribution in [0.4, 0.5) is 5.13 Å². The van der Waals surface area contributed by atoms with Gasteiger partial charge in [-0.05, 0) is 49.9 Å². The molecule has 0 N–H and O–H groups in total. The van der Waals surface area contributed by atoms with Crippen molar-refractivity contribution in [3.8, 4) is 11.3 Å². The van der Waals surface area contributed by atoms with Gasteiger partial charge >= 0.3 is 6.15 Å². The number of fused-ring (bicyclic) bond motifs is 3. The molecular weight excluding hydrogens is 533 g/mol. The molecule has 0 amide bonds. The maximum Gasteiger partial charge on any atom is 0.373 e. The maximum atomic E-state index is 8.12. The van der Waals surface area contributed by atoms with Crippen LogP contribution in [0.15, 0.2) is 47.0 Å². The minimum absolute atomic E-state index is 0.229. The van der Waals surface area contributed by atoms with Crippen LogP contribution in [-0.4, -0.2) is 35.0 Å². The smallest absolute Gasteiger partial charge is 0.373 e. The Labute approximate surface area is 227 Å². The number of rotatable bonds is 6. The van der Waals surface area contributed by atoms with Crippen LogP contribution in [0.1, 0.15) is 42.9 Å². The van der Waals surface area contributed by atoms with Gasteiger partial charge in [-0.1, -0.05) is 57.9 Å². The minimum atomic E-state index is 0.229. The zero-order valence-electron chi connectivity index (χ0n) is 19.7. The van der Waals surface area contributed by atoms with Crippen molar-refractivity contribution in [1.82, 2.24) is 10.1 Å². The Balaban J connectivity index is 0.000000804. The second-order valence-corrected chi connectivity index (χ2v) is 11.5. The lowest BCUT2D eigenvalue weighted by molar-refractivity contribution is -0.191. The fourth-order valence-corrected chi connectivity index (χ4v) is 7.19. The lowest BCUT2D eigenvalue weighted by atomic mass is 10.0. The van der Waals surface area contributed by atoms with Gasteiger partial charge in [-0.25, -0.2) is 4.98 Å². The summed E-state index contributed by atoms with van der Waals surface area (Å²) in [5, 5.41) is 6.69. The highest BCUT2D eigenvalue weighted by Crippen LogP contribution is 2.48. The second-order valence-electron chi connectivity index (χ2n) is 9.68. The van der Waals surface area contributed by atoms with Crippen molar-refractivity contribution in [3.63, 3.8) is 0 Å². The van der Waals surface area contributed by atoms with Gasteiger partial charge in [-0.2, -0.15) is 9.59 Å². The molecule has 3 heterocycles. The van der Waals surface area contributed by atoms with Gasteiger partial charge in [0.25, 0.3) is 0 Å². The van der Waals surface area contributed by atoms with Crippen molar-refractivity contribution in [2.75, 3.05) is 11.4 Å². The Kier molecular flexibility index (Phi) is 6.78. The fourth-order valence-electron chi connectivity index (χ4n) is 5.57. The average molecular weight is 556 g/mol. The van der Waals surface area contributed by atoms with Crippen LogP contribution in [0.2, 0.25) is 10.0 Å². The molecule has 1 aliphatic heterocycles. The summed E-state index contributed by atoms with van der Waals surface area (Å²) in [6.07, 6.45) is 4.91. The van der Waals surface area contributed by atoms with Gasteiger partial charge in [-0.15, -0.1) is 0 Å². The first-order valence-electron chi connectivity index (χ1n) is 12.2. The predicted molar refractivity (Wildman–Crippen MR) is 141 cm³/mol. The molecule has 3 fully saturated rings. The number of anilines is 1. The second kappa shape index (κ2) is 10.2.